The van der Waals surface area contributed by atoms with E-state index in [4.69, 9.17) is 0 Å². The van der Waals surface area contributed by atoms with Crippen LogP contribution in [0, 0.1) is 0 Å². The van der Waals surface area contributed by atoms with E-state index in [2.05, 4.69) is 21.3 Å². The van der Waals surface area contributed by atoms with Gasteiger partial charge in [0, 0.05) is 12.7 Å². The van der Waals surface area contributed by atoms with Crippen molar-refractivity contribution in [1.29, 1.82) is 0 Å². The molecule has 4 nitrogen and oxygen atoms in total. The van der Waals surface area contributed by atoms with Crippen LogP contribution < -0.4 is 5.32 Å². The summed E-state index contributed by atoms with van der Waals surface area (Å²) in [4.78, 5) is 15.4. The molecule has 0 saturated heterocycles. The number of unbranched alkanes of at least 4 members (excludes halogenated alkanes) is 1. The molecule has 100 valence electrons. The predicted octanol–water partition coefficient (Wildman–Crippen LogP) is 2.10. The number of carbonyl (C=O) groups excluding carboxylic acids is 1. The molecule has 0 bridgehead atoms. The average Bonchev–Trinajstić information content (AvgIpc) is 2.42. The molecule has 1 heterocycles. The number of hydrogen-bond donors (Lipinski definition) is 1. The first-order chi connectivity index (χ1) is 8.77. The van der Waals surface area contributed by atoms with E-state index in [0.29, 0.717) is 5.56 Å². The van der Waals surface area contributed by atoms with E-state index in [1.165, 1.54) is 25.7 Å². The van der Waals surface area contributed by atoms with Gasteiger partial charge in [-0.1, -0.05) is 0 Å². The monoisotopic (exact) mass is 268 g/mol. The van der Waals surface area contributed by atoms with Crippen LogP contribution in [0.1, 0.15) is 28.9 Å². The van der Waals surface area contributed by atoms with Crippen molar-refractivity contribution in [2.45, 2.75) is 19.4 Å². The number of esters is 1. The molecule has 0 atom stereocenters. The average molecular weight is 268 g/mol. The maximum Gasteiger partial charge on any atom is 0.339 e. The van der Waals surface area contributed by atoms with Crippen LogP contribution in [0.3, 0.4) is 0 Å². The number of thioether (sulfide) groups is 1. The van der Waals surface area contributed by atoms with Gasteiger partial charge in [0.1, 0.15) is 0 Å². The van der Waals surface area contributed by atoms with Gasteiger partial charge in [0.25, 0.3) is 0 Å². The Balaban J connectivity index is 2.25. The van der Waals surface area contributed by atoms with Crippen molar-refractivity contribution in [2.24, 2.45) is 0 Å². The Hall–Kier alpha value is -1.07. The largest absolute Gasteiger partial charge is 0.465 e. The van der Waals surface area contributed by atoms with Gasteiger partial charge in [-0.3, -0.25) is 4.98 Å². The Labute approximate surface area is 113 Å². The Bertz CT molecular complexity index is 355. The molecule has 0 aliphatic carbocycles. The number of ether oxygens (including phenoxy) is 1. The smallest absolute Gasteiger partial charge is 0.339 e. The number of aromatic nitrogens is 1. The third kappa shape index (κ3) is 5.51. The van der Waals surface area contributed by atoms with Gasteiger partial charge in [0.2, 0.25) is 0 Å². The molecule has 0 fully saturated rings. The molecule has 1 rings (SSSR count). The number of rotatable bonds is 8. The fourth-order valence-corrected chi connectivity index (χ4v) is 1.97. The first-order valence-electron chi connectivity index (χ1n) is 6.01. The van der Waals surface area contributed by atoms with Gasteiger partial charge >= 0.3 is 5.97 Å². The third-order valence-electron chi connectivity index (χ3n) is 2.50. The topological polar surface area (TPSA) is 51.2 Å². The fraction of sp³-hybridized carbons (Fsp3) is 0.538. The van der Waals surface area contributed by atoms with Crippen molar-refractivity contribution in [3.63, 3.8) is 0 Å². The molecule has 1 N–H and O–H groups in total. The van der Waals surface area contributed by atoms with Crippen molar-refractivity contribution < 1.29 is 9.53 Å². The number of nitrogens with one attached hydrogen (secondary N) is 1. The minimum Gasteiger partial charge on any atom is -0.465 e. The lowest BCUT2D eigenvalue weighted by Gasteiger charge is -2.04. The second-order valence-electron chi connectivity index (χ2n) is 3.91. The summed E-state index contributed by atoms with van der Waals surface area (Å²) in [5, 5.41) is 3.34. The molecule has 0 aliphatic rings. The second kappa shape index (κ2) is 8.94. The van der Waals surface area contributed by atoms with E-state index < -0.39 is 0 Å². The van der Waals surface area contributed by atoms with Crippen LogP contribution in [0.15, 0.2) is 18.3 Å². The summed E-state index contributed by atoms with van der Waals surface area (Å²) >= 11 is 1.88. The Morgan fingerprint density at radius 1 is 1.44 bits per heavy atom. The van der Waals surface area contributed by atoms with Crippen LogP contribution in [0.4, 0.5) is 0 Å². The third-order valence-corrected chi connectivity index (χ3v) is 3.20. The Morgan fingerprint density at radius 2 is 2.28 bits per heavy atom. The summed E-state index contributed by atoms with van der Waals surface area (Å²) in [5.41, 5.74) is 1.42. The van der Waals surface area contributed by atoms with Crippen LogP contribution in [0.25, 0.3) is 0 Å². The first-order valence-corrected chi connectivity index (χ1v) is 7.40. The highest BCUT2D eigenvalue weighted by atomic mass is 32.2. The molecular formula is C13H20N2O2S. The van der Waals surface area contributed by atoms with Gasteiger partial charge in [-0.2, -0.15) is 11.8 Å². The van der Waals surface area contributed by atoms with Crippen LogP contribution in [0.5, 0.6) is 0 Å². The molecule has 0 aromatic carbocycles. The number of methoxy groups -OCH3 is 1. The van der Waals surface area contributed by atoms with Crippen LogP contribution in [-0.2, 0) is 11.3 Å². The second-order valence-corrected chi connectivity index (χ2v) is 4.89. The summed E-state index contributed by atoms with van der Waals surface area (Å²) in [7, 11) is 1.37. The molecule has 0 amide bonds. The zero-order chi connectivity index (χ0) is 13.2. The Morgan fingerprint density at radius 3 is 2.89 bits per heavy atom. The van der Waals surface area contributed by atoms with Crippen molar-refractivity contribution >= 4 is 17.7 Å². The summed E-state index contributed by atoms with van der Waals surface area (Å²) in [6, 6.07) is 3.59. The van der Waals surface area contributed by atoms with Gasteiger partial charge in [0.05, 0.1) is 18.4 Å². The minimum absolute atomic E-state index is 0.348. The fourth-order valence-electron chi connectivity index (χ4n) is 1.48. The van der Waals surface area contributed by atoms with Crippen molar-refractivity contribution in [1.82, 2.24) is 10.3 Å². The van der Waals surface area contributed by atoms with Gasteiger partial charge in [-0.25, -0.2) is 4.79 Å². The minimum atomic E-state index is -0.348. The standard InChI is InChI=1S/C13H20N2O2S/c1-17-13(16)11-5-6-12(15-9-11)10-14-7-3-4-8-18-2/h5-6,9,14H,3-4,7-8,10H2,1-2H3. The predicted molar refractivity (Wildman–Crippen MR) is 74.9 cm³/mol. The summed E-state index contributed by atoms with van der Waals surface area (Å²) in [6.07, 6.45) is 6.10. The van der Waals surface area contributed by atoms with Crippen LogP contribution in [-0.4, -0.2) is 36.6 Å². The maximum absolute atomic E-state index is 11.2. The van der Waals surface area contributed by atoms with E-state index in [0.717, 1.165) is 18.8 Å². The molecule has 0 aliphatic heterocycles. The van der Waals surface area contributed by atoms with Gasteiger partial charge < -0.3 is 10.1 Å². The van der Waals surface area contributed by atoms with E-state index in [-0.39, 0.29) is 5.97 Å². The molecule has 0 unspecified atom stereocenters. The lowest BCUT2D eigenvalue weighted by molar-refractivity contribution is 0.0600. The first kappa shape index (κ1) is 15.0. The summed E-state index contributed by atoms with van der Waals surface area (Å²) in [6.45, 7) is 1.74. The maximum atomic E-state index is 11.2. The van der Waals surface area contributed by atoms with Gasteiger partial charge in [0.15, 0.2) is 0 Å². The lowest BCUT2D eigenvalue weighted by Crippen LogP contribution is -2.16. The summed E-state index contributed by atoms with van der Waals surface area (Å²) in [5.74, 6) is 0.868. The van der Waals surface area contributed by atoms with E-state index in [1.54, 1.807) is 12.3 Å². The number of nitrogens with zero attached hydrogens (tertiary/aromatic N) is 1. The number of carbonyl (C=O) groups is 1. The van der Waals surface area contributed by atoms with Crippen molar-refractivity contribution in [2.75, 3.05) is 25.7 Å². The quantitative estimate of drug-likeness (QED) is 0.578. The van der Waals surface area contributed by atoms with Crippen LogP contribution >= 0.6 is 11.8 Å². The molecule has 0 radical (unpaired) electrons. The SMILES string of the molecule is COC(=O)c1ccc(CNCCCCSC)nc1. The molecule has 0 spiro atoms. The molecular weight excluding hydrogens is 248 g/mol. The molecule has 5 heteroatoms. The van der Waals surface area contributed by atoms with E-state index >= 15 is 0 Å². The highest BCUT2D eigenvalue weighted by Gasteiger charge is 2.04. The van der Waals surface area contributed by atoms with Crippen LogP contribution in [0.2, 0.25) is 0 Å². The van der Waals surface area contributed by atoms with Gasteiger partial charge in [-0.15, -0.1) is 0 Å². The zero-order valence-electron chi connectivity index (χ0n) is 10.9. The van der Waals surface area contributed by atoms with Gasteiger partial charge in [-0.05, 0) is 43.5 Å². The van der Waals surface area contributed by atoms with E-state index in [9.17, 15) is 4.79 Å². The Kier molecular flexibility index (Phi) is 7.44. The lowest BCUT2D eigenvalue weighted by atomic mass is 10.2. The molecule has 0 saturated carbocycles. The number of pyridine rings is 1. The number of hydrogen-bond acceptors (Lipinski definition) is 5. The van der Waals surface area contributed by atoms with Crippen molar-refractivity contribution in [3.05, 3.63) is 29.6 Å². The summed E-state index contributed by atoms with van der Waals surface area (Å²) < 4.78 is 4.62. The highest BCUT2D eigenvalue weighted by molar-refractivity contribution is 7.98. The van der Waals surface area contributed by atoms with Crippen molar-refractivity contribution in [3.8, 4) is 0 Å². The normalized spacial score (nSPS) is 10.3. The highest BCUT2D eigenvalue weighted by Crippen LogP contribution is 2.02. The molecule has 1 aromatic heterocycles. The molecule has 18 heavy (non-hydrogen) atoms. The van der Waals surface area contributed by atoms with E-state index in [1.807, 2.05) is 17.8 Å². The zero-order valence-corrected chi connectivity index (χ0v) is 11.8. The molecule has 1 aromatic rings.